The third-order valence-corrected chi connectivity index (χ3v) is 6.88. The lowest BCUT2D eigenvalue weighted by Gasteiger charge is -2.38. The van der Waals surface area contributed by atoms with Crippen LogP contribution in [0.4, 0.5) is 28.9 Å². The predicted molar refractivity (Wildman–Crippen MR) is 127 cm³/mol. The monoisotopic (exact) mass is 506 g/mol. The zero-order valence-corrected chi connectivity index (χ0v) is 19.9. The second-order valence-corrected chi connectivity index (χ2v) is 9.50. The Bertz CT molecular complexity index is 1410. The second-order valence-electron chi connectivity index (χ2n) is 9.50. The highest BCUT2D eigenvalue weighted by Crippen LogP contribution is 2.46. The van der Waals surface area contributed by atoms with Crippen molar-refractivity contribution in [2.24, 2.45) is 0 Å². The van der Waals surface area contributed by atoms with Gasteiger partial charge in [0.2, 0.25) is 0 Å². The number of anilines is 2. The van der Waals surface area contributed by atoms with E-state index in [4.69, 9.17) is 15.2 Å². The van der Waals surface area contributed by atoms with Crippen molar-refractivity contribution in [1.82, 2.24) is 9.55 Å². The van der Waals surface area contributed by atoms with Gasteiger partial charge in [0.25, 0.3) is 0 Å². The molecule has 4 heterocycles. The summed E-state index contributed by atoms with van der Waals surface area (Å²) in [6, 6.07) is 2.03. The molecule has 0 saturated carbocycles. The van der Waals surface area contributed by atoms with Crippen LogP contribution in [-0.2, 0) is 22.9 Å². The lowest BCUT2D eigenvalue weighted by atomic mass is 9.94. The highest BCUT2D eigenvalue weighted by molar-refractivity contribution is 6.00. The number of hydrogen-bond donors (Lipinski definition) is 2. The molecule has 0 bridgehead atoms. The molecule has 0 amide bonds. The summed E-state index contributed by atoms with van der Waals surface area (Å²) in [7, 11) is 0. The minimum Gasteiger partial charge on any atom is -0.487 e. The molecule has 0 radical (unpaired) electrons. The third-order valence-electron chi connectivity index (χ3n) is 6.88. The topological polar surface area (TPSA) is 91.4 Å². The van der Waals surface area contributed by atoms with Crippen LogP contribution in [0.15, 0.2) is 23.1 Å². The number of pyridine rings is 2. The first-order valence-electron chi connectivity index (χ1n) is 11.7. The Balaban J connectivity index is 1.46. The van der Waals surface area contributed by atoms with Crippen molar-refractivity contribution in [3.8, 4) is 5.75 Å². The van der Waals surface area contributed by atoms with Crippen molar-refractivity contribution in [2.75, 3.05) is 37.4 Å². The Kier molecular flexibility index (Phi) is 5.85. The molecule has 2 aliphatic heterocycles. The zero-order valence-electron chi connectivity index (χ0n) is 19.9. The van der Waals surface area contributed by atoms with E-state index in [1.165, 1.54) is 6.92 Å². The van der Waals surface area contributed by atoms with E-state index >= 15 is 4.39 Å². The number of alkyl halides is 3. The van der Waals surface area contributed by atoms with Crippen LogP contribution in [0, 0.1) is 19.7 Å². The molecule has 11 heteroatoms. The van der Waals surface area contributed by atoms with Gasteiger partial charge < -0.3 is 25.1 Å². The number of ether oxygens (including phenoxy) is 2. The van der Waals surface area contributed by atoms with E-state index in [1.54, 1.807) is 13.1 Å². The molecule has 1 aromatic carbocycles. The first kappa shape index (κ1) is 24.4. The van der Waals surface area contributed by atoms with E-state index < -0.39 is 23.1 Å². The fourth-order valence-corrected chi connectivity index (χ4v) is 5.04. The molecule has 192 valence electrons. The minimum absolute atomic E-state index is 0.0268. The number of nitrogen functional groups attached to an aromatic ring is 1. The molecular weight excluding hydrogens is 480 g/mol. The molecule has 7 nitrogen and oxygen atoms in total. The summed E-state index contributed by atoms with van der Waals surface area (Å²) < 4.78 is 68.4. The number of rotatable bonds is 5. The first-order chi connectivity index (χ1) is 17.0. The van der Waals surface area contributed by atoms with Crippen LogP contribution in [0.3, 0.4) is 0 Å². The van der Waals surface area contributed by atoms with Gasteiger partial charge in [0.05, 0.1) is 28.8 Å². The van der Waals surface area contributed by atoms with E-state index in [9.17, 15) is 18.0 Å². The summed E-state index contributed by atoms with van der Waals surface area (Å²) in [5, 5.41) is 3.06. The lowest BCUT2D eigenvalue weighted by Crippen LogP contribution is -2.44. The molecule has 2 aliphatic rings. The molecule has 1 fully saturated rings. The summed E-state index contributed by atoms with van der Waals surface area (Å²) in [4.78, 5) is 17.1. The summed E-state index contributed by atoms with van der Waals surface area (Å²) in [5.74, 6) is -0.599. The van der Waals surface area contributed by atoms with E-state index in [1.807, 2.05) is 4.57 Å². The number of nitrogens with one attached hydrogen (secondary N) is 1. The van der Waals surface area contributed by atoms with Gasteiger partial charge in [0.1, 0.15) is 17.8 Å². The maximum Gasteiger partial charge on any atom is 0.416 e. The summed E-state index contributed by atoms with van der Waals surface area (Å²) in [5.41, 5.74) is 5.69. The molecule has 1 unspecified atom stereocenters. The first-order valence-corrected chi connectivity index (χ1v) is 11.7. The van der Waals surface area contributed by atoms with E-state index in [2.05, 4.69) is 10.3 Å². The Labute approximate surface area is 204 Å². The summed E-state index contributed by atoms with van der Waals surface area (Å²) in [6.45, 7) is 4.57. The van der Waals surface area contributed by atoms with E-state index in [-0.39, 0.29) is 53.2 Å². The van der Waals surface area contributed by atoms with Crippen LogP contribution < -0.4 is 21.2 Å². The van der Waals surface area contributed by atoms with Crippen molar-refractivity contribution in [2.45, 2.75) is 44.8 Å². The SMILES string of the molecule is Cc1cc(C(F)(F)F)cc(CCCNc2c(F)c(N)c3c(=O)c(C)cn4c3c2OCC42CCOC2)n1. The quantitative estimate of drug-likeness (QED) is 0.305. The van der Waals surface area contributed by atoms with Crippen LogP contribution in [0.1, 0.15) is 35.4 Å². The number of aryl methyl sites for hydroxylation is 3. The number of hydrogen-bond acceptors (Lipinski definition) is 6. The van der Waals surface area contributed by atoms with Crippen LogP contribution in [0.5, 0.6) is 5.75 Å². The number of fused-ring (bicyclic) bond motifs is 1. The zero-order chi connectivity index (χ0) is 25.8. The highest BCUT2D eigenvalue weighted by Gasteiger charge is 2.43. The molecule has 1 atom stereocenters. The average molecular weight is 507 g/mol. The van der Waals surface area contributed by atoms with Crippen LogP contribution in [0.25, 0.3) is 10.9 Å². The Morgan fingerprint density at radius 2 is 2.03 bits per heavy atom. The van der Waals surface area contributed by atoms with Gasteiger partial charge in [0.15, 0.2) is 17.0 Å². The Morgan fingerprint density at radius 1 is 1.25 bits per heavy atom. The minimum atomic E-state index is -4.46. The summed E-state index contributed by atoms with van der Waals surface area (Å²) in [6.07, 6.45) is -1.41. The standard InChI is InChI=1S/C25H26F4N4O3/c1-13-10-33-21-17(22(13)34)19(30)18(26)20(23(21)36-12-24(33)5-7-35-11-24)31-6-3-4-16-9-15(25(27,28)29)8-14(2)32-16/h8-10,31H,3-7,11-12,30H2,1-2H3. The van der Waals surface area contributed by atoms with Crippen molar-refractivity contribution < 1.29 is 27.0 Å². The van der Waals surface area contributed by atoms with Gasteiger partial charge in [0, 0.05) is 36.3 Å². The van der Waals surface area contributed by atoms with Crippen molar-refractivity contribution in [3.05, 3.63) is 56.9 Å². The number of nitrogens with zero attached hydrogens (tertiary/aromatic N) is 2. The molecular formula is C25H26F4N4O3. The van der Waals surface area contributed by atoms with Crippen molar-refractivity contribution >= 4 is 22.3 Å². The van der Waals surface area contributed by atoms with Gasteiger partial charge in [-0.15, -0.1) is 0 Å². The Morgan fingerprint density at radius 3 is 2.72 bits per heavy atom. The molecule has 36 heavy (non-hydrogen) atoms. The third kappa shape index (κ3) is 3.95. The number of nitrogens with two attached hydrogens (primary N) is 1. The number of aromatic nitrogens is 2. The number of halogens is 4. The lowest BCUT2D eigenvalue weighted by molar-refractivity contribution is -0.137. The van der Waals surface area contributed by atoms with E-state index in [0.29, 0.717) is 42.8 Å². The average Bonchev–Trinajstić information content (AvgIpc) is 3.28. The highest BCUT2D eigenvalue weighted by atomic mass is 19.4. The molecule has 0 aliphatic carbocycles. The maximum atomic E-state index is 15.4. The molecule has 1 saturated heterocycles. The van der Waals surface area contributed by atoms with Crippen LogP contribution in [-0.4, -0.2) is 35.9 Å². The van der Waals surface area contributed by atoms with Gasteiger partial charge in [-0.05, 0) is 45.2 Å². The smallest absolute Gasteiger partial charge is 0.416 e. The maximum absolute atomic E-state index is 15.4. The van der Waals surface area contributed by atoms with Gasteiger partial charge in [-0.1, -0.05) is 0 Å². The van der Waals surface area contributed by atoms with Gasteiger partial charge >= 0.3 is 6.18 Å². The molecule has 1 spiro atoms. The molecule has 3 N–H and O–H groups in total. The summed E-state index contributed by atoms with van der Waals surface area (Å²) >= 11 is 0. The molecule has 2 aromatic heterocycles. The molecule has 3 aromatic rings. The van der Waals surface area contributed by atoms with Gasteiger partial charge in [-0.25, -0.2) is 4.39 Å². The Hall–Kier alpha value is -3.34. The second kappa shape index (κ2) is 8.65. The van der Waals surface area contributed by atoms with Gasteiger partial charge in [-0.2, -0.15) is 13.2 Å². The number of benzene rings is 1. The fraction of sp³-hybridized carbons (Fsp3) is 0.440. The van der Waals surface area contributed by atoms with Crippen molar-refractivity contribution in [3.63, 3.8) is 0 Å². The predicted octanol–water partition coefficient (Wildman–Crippen LogP) is 4.31. The van der Waals surface area contributed by atoms with Crippen LogP contribution in [0.2, 0.25) is 0 Å². The van der Waals surface area contributed by atoms with Crippen molar-refractivity contribution in [1.29, 1.82) is 0 Å². The van der Waals surface area contributed by atoms with Gasteiger partial charge in [-0.3, -0.25) is 9.78 Å². The fourth-order valence-electron chi connectivity index (χ4n) is 5.04. The largest absolute Gasteiger partial charge is 0.487 e. The molecule has 5 rings (SSSR count). The van der Waals surface area contributed by atoms with Crippen LogP contribution >= 0.6 is 0 Å². The normalized spacial score (nSPS) is 19.2. The van der Waals surface area contributed by atoms with E-state index in [0.717, 1.165) is 12.1 Å².